The average Bonchev–Trinajstić information content (AvgIpc) is 3.21. The van der Waals surface area contributed by atoms with Crippen LogP contribution in [0.3, 0.4) is 0 Å². The summed E-state index contributed by atoms with van der Waals surface area (Å²) in [7, 11) is 3.08. The first-order chi connectivity index (χ1) is 14.4. The number of aromatic nitrogens is 2. The van der Waals surface area contributed by atoms with E-state index in [1.54, 1.807) is 32.2 Å². The minimum Gasteiger partial charge on any atom is -0.497 e. The van der Waals surface area contributed by atoms with Gasteiger partial charge in [-0.2, -0.15) is 0 Å². The molecule has 1 heterocycles. The fourth-order valence-corrected chi connectivity index (χ4v) is 3.13. The molecular formula is C19H18N4O6S. The maximum absolute atomic E-state index is 12.2. The summed E-state index contributed by atoms with van der Waals surface area (Å²) < 4.78 is 16.1. The molecule has 0 saturated heterocycles. The average molecular weight is 430 g/mol. The van der Waals surface area contributed by atoms with Crippen molar-refractivity contribution in [3.8, 4) is 23.0 Å². The summed E-state index contributed by atoms with van der Waals surface area (Å²) in [5, 5.41) is 21.7. The second-order valence-corrected chi connectivity index (χ2v) is 6.96. The number of benzene rings is 2. The van der Waals surface area contributed by atoms with Crippen LogP contribution in [-0.4, -0.2) is 41.0 Å². The number of nitro groups is 1. The topological polar surface area (TPSA) is 130 Å². The first kappa shape index (κ1) is 21.1. The predicted molar refractivity (Wildman–Crippen MR) is 110 cm³/mol. The Balaban J connectivity index is 1.63. The largest absolute Gasteiger partial charge is 0.497 e. The van der Waals surface area contributed by atoms with E-state index in [-0.39, 0.29) is 28.5 Å². The van der Waals surface area contributed by atoms with Crippen LogP contribution in [0.25, 0.3) is 11.5 Å². The molecule has 0 atom stereocenters. The van der Waals surface area contributed by atoms with Gasteiger partial charge in [0.15, 0.2) is 0 Å². The molecule has 30 heavy (non-hydrogen) atoms. The highest BCUT2D eigenvalue weighted by Crippen LogP contribution is 2.33. The van der Waals surface area contributed by atoms with Crippen molar-refractivity contribution in [3.05, 3.63) is 52.1 Å². The fourth-order valence-electron chi connectivity index (χ4n) is 2.57. The third-order valence-electron chi connectivity index (χ3n) is 4.07. The van der Waals surface area contributed by atoms with Crippen molar-refractivity contribution in [1.82, 2.24) is 10.2 Å². The van der Waals surface area contributed by atoms with Gasteiger partial charge in [-0.25, -0.2) is 0 Å². The molecule has 0 aliphatic rings. The lowest BCUT2D eigenvalue weighted by Gasteiger charge is -2.07. The minimum absolute atomic E-state index is 0.0256. The van der Waals surface area contributed by atoms with Gasteiger partial charge in [0.1, 0.15) is 11.5 Å². The van der Waals surface area contributed by atoms with Gasteiger partial charge in [-0.15, -0.1) is 10.2 Å². The predicted octanol–water partition coefficient (Wildman–Crippen LogP) is 3.70. The van der Waals surface area contributed by atoms with Crippen LogP contribution in [0.5, 0.6) is 11.5 Å². The van der Waals surface area contributed by atoms with E-state index in [2.05, 4.69) is 15.5 Å². The zero-order valence-corrected chi connectivity index (χ0v) is 17.2. The number of carbonyl (C=O) groups excluding carboxylic acids is 1. The van der Waals surface area contributed by atoms with Gasteiger partial charge in [0.2, 0.25) is 5.91 Å². The number of thioether (sulfide) groups is 1. The van der Waals surface area contributed by atoms with Crippen LogP contribution < -0.4 is 14.8 Å². The van der Waals surface area contributed by atoms with Crippen molar-refractivity contribution >= 4 is 29.0 Å². The lowest BCUT2D eigenvalue weighted by atomic mass is 10.2. The molecule has 1 aromatic heterocycles. The number of non-ortho nitro benzene ring substituents is 1. The van der Waals surface area contributed by atoms with Gasteiger partial charge in [-0.3, -0.25) is 14.9 Å². The van der Waals surface area contributed by atoms with E-state index in [1.165, 1.54) is 25.3 Å². The van der Waals surface area contributed by atoms with E-state index in [0.717, 1.165) is 11.8 Å². The monoisotopic (exact) mass is 430 g/mol. The van der Waals surface area contributed by atoms with Gasteiger partial charge in [0.25, 0.3) is 16.8 Å². The van der Waals surface area contributed by atoms with Gasteiger partial charge in [-0.1, -0.05) is 11.8 Å². The van der Waals surface area contributed by atoms with Crippen molar-refractivity contribution in [2.24, 2.45) is 0 Å². The Kier molecular flexibility index (Phi) is 6.52. The zero-order valence-electron chi connectivity index (χ0n) is 16.4. The maximum Gasteiger partial charge on any atom is 0.277 e. The molecule has 1 N–H and O–H groups in total. The molecule has 3 aromatic rings. The number of methoxy groups -OCH3 is 2. The minimum atomic E-state index is -0.487. The number of hydrogen-bond donors (Lipinski definition) is 1. The lowest BCUT2D eigenvalue weighted by Crippen LogP contribution is -2.14. The van der Waals surface area contributed by atoms with Gasteiger partial charge < -0.3 is 19.2 Å². The summed E-state index contributed by atoms with van der Waals surface area (Å²) in [6, 6.07) is 9.42. The molecule has 1 amide bonds. The first-order valence-electron chi connectivity index (χ1n) is 8.65. The summed E-state index contributed by atoms with van der Waals surface area (Å²) in [5.74, 6) is 1.11. The number of nitrogens with one attached hydrogen (secondary N) is 1. The highest BCUT2D eigenvalue weighted by Gasteiger charge is 2.16. The molecule has 0 bridgehead atoms. The van der Waals surface area contributed by atoms with Crippen molar-refractivity contribution in [3.63, 3.8) is 0 Å². The summed E-state index contributed by atoms with van der Waals surface area (Å²) in [5.41, 5.74) is 1.66. The molecule has 11 heteroatoms. The number of rotatable bonds is 8. The van der Waals surface area contributed by atoms with Crippen molar-refractivity contribution in [2.45, 2.75) is 12.1 Å². The number of nitrogens with zero attached hydrogens (tertiary/aromatic N) is 3. The molecule has 2 aromatic carbocycles. The number of amides is 1. The van der Waals surface area contributed by atoms with Crippen molar-refractivity contribution in [1.29, 1.82) is 0 Å². The molecule has 3 rings (SSSR count). The summed E-state index contributed by atoms with van der Waals surface area (Å²) in [4.78, 5) is 22.5. The van der Waals surface area contributed by atoms with E-state index >= 15 is 0 Å². The van der Waals surface area contributed by atoms with Crippen LogP contribution >= 0.6 is 11.8 Å². The van der Waals surface area contributed by atoms with E-state index < -0.39 is 4.92 Å². The van der Waals surface area contributed by atoms with Crippen LogP contribution in [0.2, 0.25) is 0 Å². The molecule has 0 aliphatic carbocycles. The number of aryl methyl sites for hydroxylation is 1. The van der Waals surface area contributed by atoms with Crippen LogP contribution in [0.4, 0.5) is 11.4 Å². The van der Waals surface area contributed by atoms with Gasteiger partial charge in [0, 0.05) is 23.9 Å². The number of hydrogen-bond acceptors (Lipinski definition) is 9. The maximum atomic E-state index is 12.2. The standard InChI is InChI=1S/C19H18N4O6S/c1-11-8-12(23(25)26)4-7-15(11)20-17(24)10-30-19-22-21-18(29-19)14-6-5-13(27-2)9-16(14)28-3/h4-9H,10H2,1-3H3,(H,20,24). The molecule has 156 valence electrons. The Morgan fingerprint density at radius 3 is 2.67 bits per heavy atom. The normalized spacial score (nSPS) is 10.5. The summed E-state index contributed by atoms with van der Waals surface area (Å²) in [6.45, 7) is 1.68. The lowest BCUT2D eigenvalue weighted by molar-refractivity contribution is -0.384. The van der Waals surface area contributed by atoms with Crippen molar-refractivity contribution < 1.29 is 23.6 Å². The number of carbonyl (C=O) groups is 1. The van der Waals surface area contributed by atoms with Gasteiger partial charge >= 0.3 is 0 Å². The Morgan fingerprint density at radius 2 is 2.00 bits per heavy atom. The smallest absolute Gasteiger partial charge is 0.277 e. The molecule has 0 radical (unpaired) electrons. The quantitative estimate of drug-likeness (QED) is 0.323. The number of ether oxygens (including phenoxy) is 2. The molecule has 0 saturated carbocycles. The molecule has 0 fully saturated rings. The molecule has 10 nitrogen and oxygen atoms in total. The highest BCUT2D eigenvalue weighted by atomic mass is 32.2. The van der Waals surface area contributed by atoms with Gasteiger partial charge in [-0.05, 0) is 30.7 Å². The number of anilines is 1. The van der Waals surface area contributed by atoms with Crippen LogP contribution in [0, 0.1) is 17.0 Å². The second kappa shape index (κ2) is 9.27. The van der Waals surface area contributed by atoms with Crippen LogP contribution in [0.15, 0.2) is 46.0 Å². The van der Waals surface area contributed by atoms with E-state index in [4.69, 9.17) is 13.9 Å². The summed E-state index contributed by atoms with van der Waals surface area (Å²) in [6.07, 6.45) is 0. The Bertz CT molecular complexity index is 1080. The van der Waals surface area contributed by atoms with E-state index in [9.17, 15) is 14.9 Å². The Morgan fingerprint density at radius 1 is 1.20 bits per heavy atom. The highest BCUT2D eigenvalue weighted by molar-refractivity contribution is 7.99. The second-order valence-electron chi connectivity index (χ2n) is 6.03. The number of nitro benzene ring substituents is 1. The Labute approximate surface area is 175 Å². The third-order valence-corrected chi connectivity index (χ3v) is 4.89. The molecule has 0 aliphatic heterocycles. The molecule has 0 unspecified atom stereocenters. The molecular weight excluding hydrogens is 412 g/mol. The molecule has 0 spiro atoms. The van der Waals surface area contributed by atoms with E-state index in [1.807, 2.05) is 0 Å². The zero-order chi connectivity index (χ0) is 21.7. The fraction of sp³-hybridized carbons (Fsp3) is 0.211. The van der Waals surface area contributed by atoms with Crippen molar-refractivity contribution in [2.75, 3.05) is 25.3 Å². The SMILES string of the molecule is COc1ccc(-c2nnc(SCC(=O)Nc3ccc([N+](=O)[O-])cc3C)o2)c(OC)c1. The first-order valence-corrected chi connectivity index (χ1v) is 9.63. The van der Waals surface area contributed by atoms with Crippen LogP contribution in [-0.2, 0) is 4.79 Å². The van der Waals surface area contributed by atoms with Gasteiger partial charge in [0.05, 0.1) is 30.5 Å². The van der Waals surface area contributed by atoms with E-state index in [0.29, 0.717) is 28.3 Å². The Hall–Kier alpha value is -3.60. The van der Waals surface area contributed by atoms with Crippen LogP contribution in [0.1, 0.15) is 5.56 Å². The summed E-state index contributed by atoms with van der Waals surface area (Å²) >= 11 is 1.07. The third kappa shape index (κ3) is 4.87.